The van der Waals surface area contributed by atoms with E-state index >= 15 is 0 Å². The van der Waals surface area contributed by atoms with Crippen LogP contribution in [-0.2, 0) is 11.3 Å². The highest BCUT2D eigenvalue weighted by atomic mass is 127. The van der Waals surface area contributed by atoms with Crippen LogP contribution in [0.5, 0.6) is 5.75 Å². The van der Waals surface area contributed by atoms with Crippen LogP contribution in [0.2, 0.25) is 0 Å². The average Bonchev–Trinajstić information content (AvgIpc) is 3.26. The lowest BCUT2D eigenvalue weighted by Crippen LogP contribution is -2.51. The van der Waals surface area contributed by atoms with Gasteiger partial charge in [-0.15, -0.1) is 35.3 Å². The van der Waals surface area contributed by atoms with Crippen molar-refractivity contribution < 1.29 is 14.3 Å². The molecule has 0 bridgehead atoms. The van der Waals surface area contributed by atoms with Gasteiger partial charge in [0.2, 0.25) is 0 Å². The van der Waals surface area contributed by atoms with Crippen molar-refractivity contribution in [2.75, 3.05) is 45.3 Å². The third-order valence-corrected chi connectivity index (χ3v) is 5.22. The average molecular weight is 517 g/mol. The molecular weight excluding hydrogens is 493 g/mol. The Morgan fingerprint density at radius 3 is 2.64 bits per heavy atom. The number of hydrogen-bond donors (Lipinski definition) is 1. The minimum absolute atomic E-state index is 0. The molecular formula is C18H24IN5O3S. The molecule has 0 aliphatic carbocycles. The summed E-state index contributed by atoms with van der Waals surface area (Å²) in [4.78, 5) is 25.0. The van der Waals surface area contributed by atoms with Crippen LogP contribution in [0.15, 0.2) is 34.8 Å². The number of hydrogen-bond acceptors (Lipinski definition) is 7. The molecule has 2 aromatic rings. The molecule has 0 atom stereocenters. The Morgan fingerprint density at radius 2 is 2.04 bits per heavy atom. The summed E-state index contributed by atoms with van der Waals surface area (Å²) < 4.78 is 10.0. The number of guanidine groups is 1. The predicted molar refractivity (Wildman–Crippen MR) is 121 cm³/mol. The molecule has 1 saturated heterocycles. The van der Waals surface area contributed by atoms with Gasteiger partial charge in [-0.2, -0.15) is 0 Å². The number of thiazole rings is 1. The number of methoxy groups -OCH3 is 2. The summed E-state index contributed by atoms with van der Waals surface area (Å²) in [6.45, 7) is 3.69. The fraction of sp³-hybridized carbons (Fsp3) is 0.389. The van der Waals surface area contributed by atoms with Crippen LogP contribution in [0.25, 0.3) is 0 Å². The molecule has 152 valence electrons. The molecule has 1 aliphatic rings. The molecule has 1 aromatic carbocycles. The third kappa shape index (κ3) is 5.25. The van der Waals surface area contributed by atoms with Crippen LogP contribution in [0.3, 0.4) is 0 Å². The van der Waals surface area contributed by atoms with Gasteiger partial charge in [-0.3, -0.25) is 0 Å². The molecule has 0 saturated carbocycles. The molecule has 28 heavy (non-hydrogen) atoms. The fourth-order valence-electron chi connectivity index (χ4n) is 2.89. The molecule has 1 aromatic heterocycles. The van der Waals surface area contributed by atoms with Gasteiger partial charge in [0.25, 0.3) is 0 Å². The lowest BCUT2D eigenvalue weighted by Gasteiger charge is -2.35. The zero-order valence-corrected chi connectivity index (χ0v) is 19.0. The van der Waals surface area contributed by atoms with Crippen molar-refractivity contribution in [3.8, 4) is 5.75 Å². The van der Waals surface area contributed by atoms with Crippen molar-refractivity contribution in [2.45, 2.75) is 6.54 Å². The number of anilines is 1. The van der Waals surface area contributed by atoms with Crippen molar-refractivity contribution >= 4 is 52.4 Å². The first kappa shape index (κ1) is 22.2. The number of nitrogens with two attached hydrogens (primary N) is 1. The predicted octanol–water partition coefficient (Wildman–Crippen LogP) is 2.19. The quantitative estimate of drug-likeness (QED) is 0.281. The Balaban J connectivity index is 0.00000280. The SMILES string of the molecule is COC(=O)c1cc(CN=C(N)N2CCN(c3nccs3)CC2)ccc1OC.I. The lowest BCUT2D eigenvalue weighted by molar-refractivity contribution is 0.0597. The number of carbonyl (C=O) groups is 1. The summed E-state index contributed by atoms with van der Waals surface area (Å²) in [6.07, 6.45) is 1.82. The van der Waals surface area contributed by atoms with E-state index < -0.39 is 5.97 Å². The van der Waals surface area contributed by atoms with Crippen molar-refractivity contribution in [1.82, 2.24) is 9.88 Å². The minimum atomic E-state index is -0.441. The maximum atomic E-state index is 11.9. The Hall–Kier alpha value is -2.08. The maximum Gasteiger partial charge on any atom is 0.341 e. The number of halogens is 1. The summed E-state index contributed by atoms with van der Waals surface area (Å²) in [5.41, 5.74) is 7.41. The van der Waals surface area contributed by atoms with Gasteiger partial charge in [0.1, 0.15) is 11.3 Å². The molecule has 3 rings (SSSR count). The monoisotopic (exact) mass is 517 g/mol. The lowest BCUT2D eigenvalue weighted by atomic mass is 10.1. The van der Waals surface area contributed by atoms with Crippen LogP contribution in [0.4, 0.5) is 5.13 Å². The number of benzene rings is 1. The molecule has 1 fully saturated rings. The van der Waals surface area contributed by atoms with E-state index in [4.69, 9.17) is 15.2 Å². The van der Waals surface area contributed by atoms with Crippen molar-refractivity contribution in [3.05, 3.63) is 40.9 Å². The summed E-state index contributed by atoms with van der Waals surface area (Å²) in [5.74, 6) is 0.536. The van der Waals surface area contributed by atoms with E-state index in [0.717, 1.165) is 36.9 Å². The number of aromatic nitrogens is 1. The van der Waals surface area contributed by atoms with Crippen molar-refractivity contribution in [1.29, 1.82) is 0 Å². The van der Waals surface area contributed by atoms with Crippen LogP contribution in [0.1, 0.15) is 15.9 Å². The molecule has 2 N–H and O–H groups in total. The number of aliphatic imine (C=N–C) groups is 1. The van der Waals surface area contributed by atoms with E-state index in [1.165, 1.54) is 14.2 Å². The van der Waals surface area contributed by atoms with Crippen molar-refractivity contribution in [2.24, 2.45) is 10.7 Å². The van der Waals surface area contributed by atoms with Crippen LogP contribution in [0, 0.1) is 0 Å². The summed E-state index contributed by atoms with van der Waals surface area (Å²) >= 11 is 1.64. The second kappa shape index (κ2) is 10.5. The number of piperazine rings is 1. The molecule has 2 heterocycles. The van der Waals surface area contributed by atoms with E-state index in [1.807, 2.05) is 17.6 Å². The second-order valence-electron chi connectivity index (χ2n) is 5.99. The van der Waals surface area contributed by atoms with Gasteiger partial charge in [-0.1, -0.05) is 6.07 Å². The first-order valence-electron chi connectivity index (χ1n) is 8.57. The molecule has 0 spiro atoms. The highest BCUT2D eigenvalue weighted by Gasteiger charge is 2.20. The maximum absolute atomic E-state index is 11.9. The van der Waals surface area contributed by atoms with Gasteiger partial charge in [0.05, 0.1) is 20.8 Å². The number of ether oxygens (including phenoxy) is 2. The van der Waals surface area contributed by atoms with Gasteiger partial charge in [-0.05, 0) is 17.7 Å². The topological polar surface area (TPSA) is 93.3 Å². The number of esters is 1. The number of nitrogens with zero attached hydrogens (tertiary/aromatic N) is 4. The smallest absolute Gasteiger partial charge is 0.341 e. The summed E-state index contributed by atoms with van der Waals surface area (Å²) in [7, 11) is 2.86. The first-order chi connectivity index (χ1) is 13.1. The molecule has 0 amide bonds. The van der Waals surface area contributed by atoms with Gasteiger partial charge in [0.15, 0.2) is 11.1 Å². The Labute approximate surface area is 185 Å². The summed E-state index contributed by atoms with van der Waals surface area (Å²) in [6, 6.07) is 5.32. The fourth-order valence-corrected chi connectivity index (χ4v) is 3.59. The Kier molecular flexibility index (Phi) is 8.30. The Bertz CT molecular complexity index is 808. The largest absolute Gasteiger partial charge is 0.496 e. The summed E-state index contributed by atoms with van der Waals surface area (Å²) in [5, 5.41) is 3.02. The van der Waals surface area contributed by atoms with Gasteiger partial charge in [0, 0.05) is 37.8 Å². The highest BCUT2D eigenvalue weighted by Crippen LogP contribution is 2.22. The second-order valence-corrected chi connectivity index (χ2v) is 6.86. The van der Waals surface area contributed by atoms with Gasteiger partial charge < -0.3 is 25.0 Å². The molecule has 1 aliphatic heterocycles. The van der Waals surface area contributed by atoms with Crippen LogP contribution < -0.4 is 15.4 Å². The number of carbonyl (C=O) groups excluding carboxylic acids is 1. The van der Waals surface area contributed by atoms with E-state index in [2.05, 4.69) is 19.8 Å². The Morgan fingerprint density at radius 1 is 1.29 bits per heavy atom. The highest BCUT2D eigenvalue weighted by molar-refractivity contribution is 14.0. The van der Waals surface area contributed by atoms with Crippen molar-refractivity contribution in [3.63, 3.8) is 0 Å². The zero-order valence-electron chi connectivity index (χ0n) is 15.8. The third-order valence-electron chi connectivity index (χ3n) is 4.39. The van der Waals surface area contributed by atoms with E-state index in [9.17, 15) is 4.79 Å². The minimum Gasteiger partial charge on any atom is -0.496 e. The van der Waals surface area contributed by atoms with E-state index in [-0.39, 0.29) is 24.0 Å². The van der Waals surface area contributed by atoms with Gasteiger partial charge >= 0.3 is 5.97 Å². The normalized spacial score (nSPS) is 14.4. The molecule has 10 heteroatoms. The zero-order chi connectivity index (χ0) is 19.2. The molecule has 8 nitrogen and oxygen atoms in total. The molecule has 0 radical (unpaired) electrons. The standard InChI is InChI=1S/C18H23N5O3S.HI/c1-25-15-4-3-13(11-14(15)16(24)26-2)12-21-17(19)22-6-8-23(9-7-22)18-20-5-10-27-18;/h3-5,10-11H,6-9,12H2,1-2H3,(H2,19,21);1H. The number of rotatable bonds is 5. The van der Waals surface area contributed by atoms with Crippen LogP contribution >= 0.6 is 35.3 Å². The van der Waals surface area contributed by atoms with Crippen LogP contribution in [-0.4, -0.2) is 62.2 Å². The first-order valence-corrected chi connectivity index (χ1v) is 9.45. The van der Waals surface area contributed by atoms with E-state index in [1.54, 1.807) is 23.5 Å². The van der Waals surface area contributed by atoms with Gasteiger partial charge in [-0.25, -0.2) is 14.8 Å². The molecule has 0 unspecified atom stereocenters. The van der Waals surface area contributed by atoms with E-state index in [0.29, 0.717) is 23.8 Å².